The Bertz CT molecular complexity index is 2270. The van der Waals surface area contributed by atoms with Crippen LogP contribution in [0.2, 0.25) is 0 Å². The molecule has 7 unspecified atom stereocenters. The van der Waals surface area contributed by atoms with Gasteiger partial charge >= 0.3 is 0 Å². The number of aliphatic hydroxyl groups is 3. The predicted octanol–water partition coefficient (Wildman–Crippen LogP) is 4.93. The van der Waals surface area contributed by atoms with Crippen LogP contribution >= 0.6 is 0 Å². The Morgan fingerprint density at radius 2 is 1.85 bits per heavy atom. The SMILES string of the molecule is CCCC(O)CC(O)CC(=O)CCc1ccc2c(c1)OC1C(C#CC(O)c3ccc(C(N)NCCc4ccccc4)cc3CC3=CN=C4C[NH+]1C=C34)C1(C#CO2)CCCC1. The van der Waals surface area contributed by atoms with Crippen LogP contribution in [0.4, 0.5) is 0 Å². The first-order chi connectivity index (χ1) is 29.2. The number of hydrogen-bond donors (Lipinski definition) is 6. The van der Waals surface area contributed by atoms with Crippen LogP contribution in [-0.4, -0.2) is 58.3 Å². The fourth-order valence-corrected chi connectivity index (χ4v) is 9.46. The molecular weight excluding hydrogens is 753 g/mol. The molecule has 7 N–H and O–H groups in total. The highest BCUT2D eigenvalue weighted by Crippen LogP contribution is 2.47. The minimum absolute atomic E-state index is 0.0101. The number of nitrogens with two attached hydrogens (primary N) is 1. The molecule has 10 heteroatoms. The third-order valence-corrected chi connectivity index (χ3v) is 12.7. The number of hydrogen-bond acceptors (Lipinski definition) is 9. The van der Waals surface area contributed by atoms with Crippen molar-refractivity contribution >= 4 is 11.5 Å². The summed E-state index contributed by atoms with van der Waals surface area (Å²) in [5.41, 5.74) is 14.1. The maximum Gasteiger partial charge on any atom is 0.252 e. The molecule has 4 heterocycles. The van der Waals surface area contributed by atoms with Crippen molar-refractivity contribution in [3.05, 3.63) is 118 Å². The van der Waals surface area contributed by atoms with Crippen molar-refractivity contribution in [3.8, 4) is 35.4 Å². The molecule has 10 nitrogen and oxygen atoms in total. The molecule has 4 aliphatic heterocycles. The molecule has 0 amide bonds. The van der Waals surface area contributed by atoms with E-state index in [1.807, 2.05) is 61.7 Å². The average Bonchev–Trinajstić information content (AvgIpc) is 3.99. The van der Waals surface area contributed by atoms with Crippen molar-refractivity contribution in [2.45, 2.75) is 115 Å². The van der Waals surface area contributed by atoms with Gasteiger partial charge in [0.25, 0.3) is 6.23 Å². The van der Waals surface area contributed by atoms with Gasteiger partial charge in [-0.15, -0.1) is 0 Å². The molecule has 1 aliphatic carbocycles. The number of Topliss-reactive ketones (excluding diaryl/α,β-unsaturated/α-hetero) is 1. The van der Waals surface area contributed by atoms with Crippen molar-refractivity contribution in [3.63, 3.8) is 0 Å². The van der Waals surface area contributed by atoms with Crippen molar-refractivity contribution in [1.29, 1.82) is 0 Å². The summed E-state index contributed by atoms with van der Waals surface area (Å²) in [4.78, 5) is 18.9. The van der Waals surface area contributed by atoms with E-state index in [0.717, 1.165) is 89.1 Å². The zero-order chi connectivity index (χ0) is 41.6. The minimum atomic E-state index is -1.06. The van der Waals surface area contributed by atoms with E-state index in [-0.39, 0.29) is 31.2 Å². The summed E-state index contributed by atoms with van der Waals surface area (Å²) in [6.07, 6.45) is 11.2. The van der Waals surface area contributed by atoms with Gasteiger partial charge in [0.2, 0.25) is 0 Å². The molecule has 0 radical (unpaired) electrons. The summed E-state index contributed by atoms with van der Waals surface area (Å²) in [6, 6.07) is 22.1. The number of ether oxygens (including phenoxy) is 2. The molecule has 1 saturated carbocycles. The number of allylic oxidation sites excluding steroid dienone is 1. The predicted molar refractivity (Wildman–Crippen MR) is 231 cm³/mol. The van der Waals surface area contributed by atoms with E-state index in [0.29, 0.717) is 37.3 Å². The van der Waals surface area contributed by atoms with Gasteiger partial charge in [0.15, 0.2) is 11.5 Å². The third kappa shape index (κ3) is 9.46. The minimum Gasteiger partial charge on any atom is -0.437 e. The lowest BCUT2D eigenvalue weighted by molar-refractivity contribution is -0.888. The number of aliphatic imine (C=N–C) groups is 1. The highest BCUT2D eigenvalue weighted by atomic mass is 16.5. The molecule has 3 aromatic carbocycles. The van der Waals surface area contributed by atoms with Crippen LogP contribution in [0.5, 0.6) is 11.5 Å². The average molecular weight is 810 g/mol. The third-order valence-electron chi connectivity index (χ3n) is 12.7. The number of quaternary nitrogens is 1. The molecule has 0 aromatic heterocycles. The molecule has 3 aromatic rings. The number of benzene rings is 3. The first kappa shape index (κ1) is 41.7. The van der Waals surface area contributed by atoms with Crippen molar-refractivity contribution in [1.82, 2.24) is 5.32 Å². The van der Waals surface area contributed by atoms with E-state index in [9.17, 15) is 20.1 Å². The molecule has 7 atom stereocenters. The summed E-state index contributed by atoms with van der Waals surface area (Å²) >= 11 is 0. The van der Waals surface area contributed by atoms with Crippen LogP contribution in [0, 0.1) is 35.2 Å². The van der Waals surface area contributed by atoms with Gasteiger partial charge in [-0.25, -0.2) is 0 Å². The summed E-state index contributed by atoms with van der Waals surface area (Å²) in [5, 5.41) is 35.9. The molecule has 1 spiro atoms. The fraction of sp³-hybridized carbons (Fsp3) is 0.440. The first-order valence-electron chi connectivity index (χ1n) is 21.7. The van der Waals surface area contributed by atoms with Crippen LogP contribution in [0.3, 0.4) is 0 Å². The van der Waals surface area contributed by atoms with Crippen LogP contribution < -0.4 is 25.4 Å². The Hall–Kier alpha value is -5.04. The van der Waals surface area contributed by atoms with Crippen molar-refractivity contribution < 1.29 is 34.5 Å². The van der Waals surface area contributed by atoms with Gasteiger partial charge in [-0.3, -0.25) is 20.0 Å². The zero-order valence-electron chi connectivity index (χ0n) is 34.5. The number of nitrogens with one attached hydrogen (secondary N) is 2. The normalized spacial score (nSPS) is 23.5. The van der Waals surface area contributed by atoms with Gasteiger partial charge in [0.1, 0.15) is 42.4 Å². The van der Waals surface area contributed by atoms with Gasteiger partial charge in [0.05, 0.1) is 29.4 Å². The number of carbonyl (C=O) groups excluding carboxylic acids is 1. The number of ketones is 1. The molecule has 312 valence electrons. The second-order valence-corrected chi connectivity index (χ2v) is 17.1. The Morgan fingerprint density at radius 3 is 2.67 bits per heavy atom. The monoisotopic (exact) mass is 809 g/mol. The van der Waals surface area contributed by atoms with Gasteiger partial charge in [-0.05, 0) is 84.0 Å². The quantitative estimate of drug-likeness (QED) is 0.0993. The second-order valence-electron chi connectivity index (χ2n) is 17.1. The Balaban J connectivity index is 1.08. The second kappa shape index (κ2) is 18.7. The van der Waals surface area contributed by atoms with Crippen LogP contribution in [-0.2, 0) is 24.1 Å². The van der Waals surface area contributed by atoms with E-state index in [2.05, 4.69) is 53.6 Å². The van der Waals surface area contributed by atoms with Crippen LogP contribution in [0.1, 0.15) is 105 Å². The molecule has 5 aliphatic rings. The molecule has 8 rings (SSSR count). The number of nitrogens with zero attached hydrogens (tertiary/aromatic N) is 1. The maximum atomic E-state index is 12.9. The molecule has 1 fully saturated rings. The highest BCUT2D eigenvalue weighted by molar-refractivity contribution is 6.08. The maximum absolute atomic E-state index is 12.9. The number of carbonyl (C=O) groups is 1. The van der Waals surface area contributed by atoms with Gasteiger partial charge in [0, 0.05) is 32.0 Å². The standard InChI is InChI=1S/C50H56N4O6/c1-2-8-38(55)28-40(57)29-39(56)14-11-34-12-18-46-47(25-34)60-49-43(50(22-24-59-46)20-6-7-21-50)16-17-45(58)41-15-13-35(48(51)52-23-19-33-9-4-3-5-10-33)26-36(41)27-37-30-53-44-32-54(49)31-42(37)44/h3-5,9-10,12-13,15,18,25-26,30-31,38,40,43,45,48-49,52,55,57-58H,2,6-8,11,14,19-21,23,27-29,32,51H2,1H3/p+1. The van der Waals surface area contributed by atoms with Gasteiger partial charge in [-0.1, -0.05) is 98.5 Å². The lowest BCUT2D eigenvalue weighted by Crippen LogP contribution is -3.13. The van der Waals surface area contributed by atoms with Crippen LogP contribution in [0.15, 0.2) is 95.3 Å². The lowest BCUT2D eigenvalue weighted by atomic mass is 9.73. The van der Waals surface area contributed by atoms with Gasteiger partial charge < -0.3 is 30.5 Å². The largest absolute Gasteiger partial charge is 0.437 e. The van der Waals surface area contributed by atoms with E-state index in [1.54, 1.807) is 0 Å². The fourth-order valence-electron chi connectivity index (χ4n) is 9.46. The molecule has 60 heavy (non-hydrogen) atoms. The molecule has 2 bridgehead atoms. The van der Waals surface area contributed by atoms with E-state index >= 15 is 0 Å². The lowest BCUT2D eigenvalue weighted by Gasteiger charge is -2.36. The van der Waals surface area contributed by atoms with Crippen molar-refractivity contribution in [2.75, 3.05) is 13.1 Å². The first-order valence-corrected chi connectivity index (χ1v) is 21.7. The Labute approximate surface area is 353 Å². The smallest absolute Gasteiger partial charge is 0.252 e. The summed E-state index contributed by atoms with van der Waals surface area (Å²) in [7, 11) is 0. The number of fused-ring (bicyclic) bond motifs is 6. The summed E-state index contributed by atoms with van der Waals surface area (Å²) in [5.74, 6) is 11.0. The number of aliphatic hydroxyl groups excluding tert-OH is 3. The van der Waals surface area contributed by atoms with E-state index < -0.39 is 35.9 Å². The molecule has 0 saturated heterocycles. The number of rotatable bonds is 14. The van der Waals surface area contributed by atoms with E-state index in [4.69, 9.17) is 20.2 Å². The number of aryl methyl sites for hydroxylation is 1. The van der Waals surface area contributed by atoms with Crippen LogP contribution in [0.25, 0.3) is 0 Å². The summed E-state index contributed by atoms with van der Waals surface area (Å²) < 4.78 is 13.3. The van der Waals surface area contributed by atoms with E-state index in [1.165, 1.54) is 5.56 Å². The molecular formula is C50H57N4O6+. The zero-order valence-corrected chi connectivity index (χ0v) is 34.5. The Kier molecular flexibility index (Phi) is 13.0. The highest BCUT2D eigenvalue weighted by Gasteiger charge is 2.51. The topological polar surface area (TPSA) is 151 Å². The Morgan fingerprint density at radius 1 is 1.02 bits per heavy atom. The van der Waals surface area contributed by atoms with Gasteiger partial charge in [-0.2, -0.15) is 0 Å². The van der Waals surface area contributed by atoms with Crippen molar-refractivity contribution in [2.24, 2.45) is 22.1 Å². The summed E-state index contributed by atoms with van der Waals surface area (Å²) in [6.45, 7) is 3.31.